The second-order valence-corrected chi connectivity index (χ2v) is 4.63. The summed E-state index contributed by atoms with van der Waals surface area (Å²) in [6.07, 6.45) is -0.408. The van der Waals surface area contributed by atoms with Crippen molar-refractivity contribution in [2.45, 2.75) is 58.2 Å². The van der Waals surface area contributed by atoms with E-state index in [1.807, 2.05) is 11.5 Å². The molecule has 0 aromatic carbocycles. The summed E-state index contributed by atoms with van der Waals surface area (Å²) >= 11 is 0. The number of rotatable bonds is 3. The maximum atomic E-state index is 12.1. The van der Waals surface area contributed by atoms with Gasteiger partial charge in [-0.25, -0.2) is 4.98 Å². The van der Waals surface area contributed by atoms with Gasteiger partial charge in [0.2, 0.25) is 0 Å². The molecule has 1 aliphatic carbocycles. The molecule has 0 saturated carbocycles. The Morgan fingerprint density at radius 3 is 2.65 bits per heavy atom. The number of imidazole rings is 1. The summed E-state index contributed by atoms with van der Waals surface area (Å²) in [4.78, 5) is 4.45. The Labute approximate surface area is 98.8 Å². The molecule has 1 aromatic rings. The van der Waals surface area contributed by atoms with Gasteiger partial charge in [-0.3, -0.25) is 0 Å². The van der Waals surface area contributed by atoms with E-state index in [0.29, 0.717) is 6.54 Å². The average Bonchev–Trinajstić information content (AvgIpc) is 2.54. The topological polar surface area (TPSA) is 17.8 Å². The van der Waals surface area contributed by atoms with Gasteiger partial charge in [-0.1, -0.05) is 0 Å². The van der Waals surface area contributed by atoms with Crippen molar-refractivity contribution in [3.63, 3.8) is 0 Å². The summed E-state index contributed by atoms with van der Waals surface area (Å²) in [6, 6.07) is 0. The van der Waals surface area contributed by atoms with Crippen LogP contribution < -0.4 is 0 Å². The van der Waals surface area contributed by atoms with Gasteiger partial charge < -0.3 is 4.57 Å². The van der Waals surface area contributed by atoms with Crippen LogP contribution in [0, 0.1) is 6.92 Å². The lowest BCUT2D eigenvalue weighted by Crippen LogP contribution is -2.13. The highest BCUT2D eigenvalue weighted by Crippen LogP contribution is 2.25. The molecule has 2 rings (SSSR count). The Bertz CT molecular complexity index is 393. The predicted octanol–water partition coefficient (Wildman–Crippen LogP) is 3.41. The van der Waals surface area contributed by atoms with Crippen molar-refractivity contribution in [3.05, 3.63) is 17.2 Å². The Morgan fingerprint density at radius 1 is 1.24 bits per heavy atom. The number of fused-ring (bicyclic) bond motifs is 1. The van der Waals surface area contributed by atoms with Crippen LogP contribution in [-0.4, -0.2) is 15.7 Å². The van der Waals surface area contributed by atoms with E-state index in [1.54, 1.807) is 0 Å². The van der Waals surface area contributed by atoms with E-state index in [0.717, 1.165) is 42.9 Å². The number of halogens is 3. The maximum absolute atomic E-state index is 12.1. The van der Waals surface area contributed by atoms with E-state index >= 15 is 0 Å². The molecule has 0 N–H and O–H groups in total. The van der Waals surface area contributed by atoms with Crippen LogP contribution in [0.3, 0.4) is 0 Å². The summed E-state index contributed by atoms with van der Waals surface area (Å²) in [5.41, 5.74) is 2.26. The Kier molecular flexibility index (Phi) is 3.45. The SMILES string of the molecule is Cc1nc2c(n1CCCC(F)(F)F)CCCC2. The zero-order chi connectivity index (χ0) is 12.5. The molecule has 1 aliphatic rings. The maximum Gasteiger partial charge on any atom is 0.389 e. The van der Waals surface area contributed by atoms with Gasteiger partial charge in [0.25, 0.3) is 0 Å². The zero-order valence-corrected chi connectivity index (χ0v) is 9.98. The highest BCUT2D eigenvalue weighted by molar-refractivity contribution is 5.19. The fourth-order valence-electron chi connectivity index (χ4n) is 2.47. The van der Waals surface area contributed by atoms with Gasteiger partial charge in [-0.05, 0) is 39.0 Å². The second-order valence-electron chi connectivity index (χ2n) is 4.63. The van der Waals surface area contributed by atoms with E-state index in [-0.39, 0.29) is 6.42 Å². The largest absolute Gasteiger partial charge is 0.389 e. The lowest BCUT2D eigenvalue weighted by atomic mass is 10.0. The lowest BCUT2D eigenvalue weighted by molar-refractivity contribution is -0.135. The van der Waals surface area contributed by atoms with Gasteiger partial charge in [0.1, 0.15) is 5.82 Å². The molecule has 0 amide bonds. The molecule has 0 spiro atoms. The molecule has 1 aromatic heterocycles. The van der Waals surface area contributed by atoms with Crippen molar-refractivity contribution in [1.29, 1.82) is 0 Å². The molecule has 1 heterocycles. The predicted molar refractivity (Wildman–Crippen MR) is 58.9 cm³/mol. The van der Waals surface area contributed by atoms with Gasteiger partial charge in [-0.2, -0.15) is 13.2 Å². The summed E-state index contributed by atoms with van der Waals surface area (Å²) in [7, 11) is 0. The van der Waals surface area contributed by atoms with Crippen LogP contribution in [0.15, 0.2) is 0 Å². The van der Waals surface area contributed by atoms with Gasteiger partial charge in [0, 0.05) is 18.7 Å². The number of alkyl halides is 3. The van der Waals surface area contributed by atoms with Crippen molar-refractivity contribution in [2.75, 3.05) is 0 Å². The van der Waals surface area contributed by atoms with E-state index in [4.69, 9.17) is 0 Å². The quantitative estimate of drug-likeness (QED) is 0.799. The summed E-state index contributed by atoms with van der Waals surface area (Å²) in [5.74, 6) is 0.860. The molecular weight excluding hydrogens is 229 g/mol. The number of aryl methyl sites for hydroxylation is 2. The second kappa shape index (κ2) is 4.70. The molecule has 0 radical (unpaired) electrons. The first kappa shape index (κ1) is 12.5. The van der Waals surface area contributed by atoms with Crippen LogP contribution in [0.25, 0.3) is 0 Å². The zero-order valence-electron chi connectivity index (χ0n) is 9.98. The van der Waals surface area contributed by atoms with Crippen molar-refractivity contribution >= 4 is 0 Å². The summed E-state index contributed by atoms with van der Waals surface area (Å²) in [5, 5.41) is 0. The minimum atomic E-state index is -4.05. The molecule has 0 bridgehead atoms. The van der Waals surface area contributed by atoms with Crippen molar-refractivity contribution in [3.8, 4) is 0 Å². The fourth-order valence-corrected chi connectivity index (χ4v) is 2.47. The van der Waals surface area contributed by atoms with Crippen LogP contribution in [-0.2, 0) is 19.4 Å². The van der Waals surface area contributed by atoms with Crippen molar-refractivity contribution in [2.24, 2.45) is 0 Å². The van der Waals surface area contributed by atoms with Gasteiger partial charge in [0.15, 0.2) is 0 Å². The molecule has 2 nitrogen and oxygen atoms in total. The molecule has 17 heavy (non-hydrogen) atoms. The third kappa shape index (κ3) is 3.01. The van der Waals surface area contributed by atoms with Gasteiger partial charge >= 0.3 is 6.18 Å². The average molecular weight is 246 g/mol. The molecule has 0 fully saturated rings. The van der Waals surface area contributed by atoms with Gasteiger partial charge in [-0.15, -0.1) is 0 Å². The van der Waals surface area contributed by atoms with E-state index in [2.05, 4.69) is 4.98 Å². The van der Waals surface area contributed by atoms with Gasteiger partial charge in [0.05, 0.1) is 5.69 Å². The number of hydrogen-bond acceptors (Lipinski definition) is 1. The van der Waals surface area contributed by atoms with Crippen LogP contribution in [0.2, 0.25) is 0 Å². The number of nitrogens with zero attached hydrogens (tertiary/aromatic N) is 2. The highest BCUT2D eigenvalue weighted by Gasteiger charge is 2.26. The summed E-state index contributed by atoms with van der Waals surface area (Å²) < 4.78 is 38.3. The fraction of sp³-hybridized carbons (Fsp3) is 0.750. The lowest BCUT2D eigenvalue weighted by Gasteiger charge is -2.15. The Morgan fingerprint density at radius 2 is 1.94 bits per heavy atom. The minimum Gasteiger partial charge on any atom is -0.332 e. The van der Waals surface area contributed by atoms with E-state index in [9.17, 15) is 13.2 Å². The molecule has 0 saturated heterocycles. The van der Waals surface area contributed by atoms with Crippen LogP contribution in [0.1, 0.15) is 42.9 Å². The third-order valence-electron chi connectivity index (χ3n) is 3.27. The van der Waals surface area contributed by atoms with Crippen LogP contribution >= 0.6 is 0 Å². The van der Waals surface area contributed by atoms with Crippen LogP contribution in [0.4, 0.5) is 13.2 Å². The molecular formula is C12H17F3N2. The summed E-state index contributed by atoms with van der Waals surface area (Å²) in [6.45, 7) is 2.32. The monoisotopic (exact) mass is 246 g/mol. The van der Waals surface area contributed by atoms with Crippen molar-refractivity contribution < 1.29 is 13.2 Å². The van der Waals surface area contributed by atoms with E-state index in [1.165, 1.54) is 0 Å². The molecule has 0 atom stereocenters. The van der Waals surface area contributed by atoms with E-state index < -0.39 is 12.6 Å². The minimum absolute atomic E-state index is 0.146. The highest BCUT2D eigenvalue weighted by atomic mass is 19.4. The number of hydrogen-bond donors (Lipinski definition) is 0. The first-order valence-corrected chi connectivity index (χ1v) is 6.09. The first-order chi connectivity index (χ1) is 7.97. The molecule has 0 unspecified atom stereocenters. The first-order valence-electron chi connectivity index (χ1n) is 6.09. The molecule has 5 heteroatoms. The molecule has 96 valence electrons. The van der Waals surface area contributed by atoms with Crippen molar-refractivity contribution in [1.82, 2.24) is 9.55 Å². The number of aromatic nitrogens is 2. The smallest absolute Gasteiger partial charge is 0.332 e. The third-order valence-corrected chi connectivity index (χ3v) is 3.27. The normalized spacial score (nSPS) is 16.0. The Balaban J connectivity index is 2.03. The standard InChI is InChI=1S/C12H17F3N2/c1-9-16-10-5-2-3-6-11(10)17(9)8-4-7-12(13,14)15/h2-8H2,1H3. The molecule has 0 aliphatic heterocycles. The Hall–Kier alpha value is -1.00. The van der Waals surface area contributed by atoms with Crippen LogP contribution in [0.5, 0.6) is 0 Å².